The average molecular weight is 142 g/mol. The molecule has 0 spiro atoms. The predicted octanol–water partition coefficient (Wildman–Crippen LogP) is -0.828. The van der Waals surface area contributed by atoms with Crippen LogP contribution in [0.4, 0.5) is 0 Å². The van der Waals surface area contributed by atoms with E-state index in [1.807, 2.05) is 11.8 Å². The van der Waals surface area contributed by atoms with Gasteiger partial charge in [-0.05, 0) is 12.9 Å². The summed E-state index contributed by atoms with van der Waals surface area (Å²) in [6.07, 6.45) is -0.262. The molecule has 0 bridgehead atoms. The third-order valence-electron chi connectivity index (χ3n) is 1.45. The van der Waals surface area contributed by atoms with Crippen LogP contribution in [0.15, 0.2) is 0 Å². The summed E-state index contributed by atoms with van der Waals surface area (Å²) in [5.74, 6) is 0. The molecule has 10 heavy (non-hydrogen) atoms. The molecule has 1 unspecified atom stereocenters. The van der Waals surface area contributed by atoms with Crippen molar-refractivity contribution in [2.24, 2.45) is 5.73 Å². The molecule has 0 aliphatic carbocycles. The molecule has 0 aromatic heterocycles. The van der Waals surface area contributed by atoms with Gasteiger partial charge in [-0.15, -0.1) is 0 Å². The molecule has 0 saturated carbocycles. The van der Waals surface area contributed by atoms with Crippen molar-refractivity contribution in [1.29, 1.82) is 0 Å². The van der Waals surface area contributed by atoms with E-state index in [0.717, 1.165) is 6.54 Å². The van der Waals surface area contributed by atoms with Gasteiger partial charge in [-0.25, -0.2) is 0 Å². The fourth-order valence-corrected chi connectivity index (χ4v) is 0.833. The summed E-state index contributed by atoms with van der Waals surface area (Å²) in [5, 5.41) is 9.19. The van der Waals surface area contributed by atoms with E-state index in [-0.39, 0.29) is 6.32 Å². The van der Waals surface area contributed by atoms with Gasteiger partial charge in [0.25, 0.3) is 0 Å². The Morgan fingerprint density at radius 2 is 2.30 bits per heavy atom. The second-order valence-electron chi connectivity index (χ2n) is 2.13. The lowest BCUT2D eigenvalue weighted by atomic mass is 10.0. The normalized spacial score (nSPS) is 14.0. The van der Waals surface area contributed by atoms with Gasteiger partial charge in [0, 0.05) is 13.1 Å². The van der Waals surface area contributed by atoms with Gasteiger partial charge in [-0.3, -0.25) is 4.90 Å². The first-order valence-electron chi connectivity index (χ1n) is 3.58. The van der Waals surface area contributed by atoms with Crippen molar-refractivity contribution in [1.82, 2.24) is 4.90 Å². The molecule has 0 saturated heterocycles. The molecule has 3 N–H and O–H groups in total. The van der Waals surface area contributed by atoms with Crippen molar-refractivity contribution in [3.05, 3.63) is 0 Å². The molecule has 0 aliphatic heterocycles. The van der Waals surface area contributed by atoms with Crippen molar-refractivity contribution >= 4 is 7.85 Å². The molecule has 0 aromatic rings. The molecular weight excluding hydrogens is 127 g/mol. The van der Waals surface area contributed by atoms with E-state index in [2.05, 4.69) is 0 Å². The third-order valence-corrected chi connectivity index (χ3v) is 1.45. The molecule has 3 nitrogen and oxygen atoms in total. The molecule has 0 amide bonds. The summed E-state index contributed by atoms with van der Waals surface area (Å²) < 4.78 is 0. The van der Waals surface area contributed by atoms with Crippen LogP contribution in [0.3, 0.4) is 0 Å². The van der Waals surface area contributed by atoms with E-state index in [0.29, 0.717) is 13.1 Å². The van der Waals surface area contributed by atoms with Gasteiger partial charge in [0.2, 0.25) is 0 Å². The van der Waals surface area contributed by atoms with Crippen molar-refractivity contribution in [2.45, 2.75) is 19.5 Å². The van der Waals surface area contributed by atoms with E-state index >= 15 is 0 Å². The molecule has 0 fully saturated rings. The molecular formula is C6H15BN2O. The second kappa shape index (κ2) is 5.71. The average Bonchev–Trinajstić information content (AvgIpc) is 1.99. The summed E-state index contributed by atoms with van der Waals surface area (Å²) in [5.41, 5.74) is 5.30. The van der Waals surface area contributed by atoms with Crippen LogP contribution in [0.1, 0.15) is 6.92 Å². The van der Waals surface area contributed by atoms with Crippen LogP contribution in [0.2, 0.25) is 6.32 Å². The SMILES string of the molecule is [B]CC(O)N(CC)CCN. The fourth-order valence-electron chi connectivity index (χ4n) is 0.833. The largest absolute Gasteiger partial charge is 0.379 e. The van der Waals surface area contributed by atoms with Crippen molar-refractivity contribution in [3.8, 4) is 0 Å². The first kappa shape index (κ1) is 9.94. The first-order chi connectivity index (χ1) is 4.76. The molecule has 58 valence electrons. The van der Waals surface area contributed by atoms with E-state index in [4.69, 9.17) is 13.6 Å². The van der Waals surface area contributed by atoms with Crippen LogP contribution >= 0.6 is 0 Å². The van der Waals surface area contributed by atoms with E-state index in [1.54, 1.807) is 0 Å². The summed E-state index contributed by atoms with van der Waals surface area (Å²) in [4.78, 5) is 1.83. The van der Waals surface area contributed by atoms with Crippen LogP contribution in [0.25, 0.3) is 0 Å². The fraction of sp³-hybridized carbons (Fsp3) is 1.00. The third kappa shape index (κ3) is 3.20. The van der Waals surface area contributed by atoms with Crippen LogP contribution in [0.5, 0.6) is 0 Å². The van der Waals surface area contributed by atoms with Gasteiger partial charge in [0.15, 0.2) is 0 Å². The number of hydrogen-bond donors (Lipinski definition) is 2. The number of aliphatic hydroxyl groups is 1. The Hall–Kier alpha value is -0.0551. The number of likely N-dealkylation sites (N-methyl/N-ethyl adjacent to an activating group) is 1. The second-order valence-corrected chi connectivity index (χ2v) is 2.13. The standard InChI is InChI=1S/C6H15BN2O/c1-2-9(4-3-8)6(10)5-7/h6,10H,2-5,8H2,1H3. The minimum Gasteiger partial charge on any atom is -0.379 e. The highest BCUT2D eigenvalue weighted by atomic mass is 16.3. The monoisotopic (exact) mass is 142 g/mol. The summed E-state index contributed by atoms with van der Waals surface area (Å²) in [7, 11) is 5.25. The lowest BCUT2D eigenvalue weighted by Crippen LogP contribution is -2.38. The highest BCUT2D eigenvalue weighted by molar-refractivity contribution is 6.08. The Balaban J connectivity index is 3.56. The Bertz CT molecular complexity index is 82.1. The summed E-state index contributed by atoms with van der Waals surface area (Å²) >= 11 is 0. The number of rotatable bonds is 5. The zero-order valence-electron chi connectivity index (χ0n) is 6.45. The van der Waals surface area contributed by atoms with Crippen LogP contribution in [-0.2, 0) is 0 Å². The lowest BCUT2D eigenvalue weighted by molar-refractivity contribution is 0.0254. The Morgan fingerprint density at radius 3 is 2.60 bits per heavy atom. The molecule has 4 heteroatoms. The van der Waals surface area contributed by atoms with E-state index in [9.17, 15) is 5.11 Å². The van der Waals surface area contributed by atoms with Crippen LogP contribution < -0.4 is 5.73 Å². The number of hydrogen-bond acceptors (Lipinski definition) is 3. The number of aliphatic hydroxyl groups excluding tert-OH is 1. The van der Waals surface area contributed by atoms with Gasteiger partial charge < -0.3 is 10.8 Å². The van der Waals surface area contributed by atoms with E-state index in [1.165, 1.54) is 0 Å². The van der Waals surface area contributed by atoms with Gasteiger partial charge >= 0.3 is 0 Å². The Labute approximate surface area is 63.6 Å². The van der Waals surface area contributed by atoms with Crippen LogP contribution in [0, 0.1) is 0 Å². The summed E-state index contributed by atoms with van der Waals surface area (Å²) in [6.45, 7) is 4.02. The van der Waals surface area contributed by atoms with Gasteiger partial charge in [0.1, 0.15) is 0 Å². The van der Waals surface area contributed by atoms with E-state index < -0.39 is 6.23 Å². The molecule has 0 heterocycles. The first-order valence-corrected chi connectivity index (χ1v) is 3.58. The zero-order chi connectivity index (χ0) is 7.98. The Morgan fingerprint density at radius 1 is 1.70 bits per heavy atom. The minimum atomic E-state index is -0.534. The maximum atomic E-state index is 9.19. The van der Waals surface area contributed by atoms with Crippen LogP contribution in [-0.4, -0.2) is 43.7 Å². The molecule has 0 aromatic carbocycles. The Kier molecular flexibility index (Phi) is 5.68. The predicted molar refractivity (Wildman–Crippen MR) is 42.9 cm³/mol. The highest BCUT2D eigenvalue weighted by Gasteiger charge is 2.08. The maximum absolute atomic E-state index is 9.19. The lowest BCUT2D eigenvalue weighted by Gasteiger charge is -2.24. The molecule has 1 atom stereocenters. The maximum Gasteiger partial charge on any atom is 0.0991 e. The molecule has 2 radical (unpaired) electrons. The summed E-state index contributed by atoms with van der Waals surface area (Å²) in [6, 6.07) is 0. The molecule has 0 aliphatic rings. The van der Waals surface area contributed by atoms with Crippen molar-refractivity contribution < 1.29 is 5.11 Å². The highest BCUT2D eigenvalue weighted by Crippen LogP contribution is 1.96. The van der Waals surface area contributed by atoms with Crippen molar-refractivity contribution in [2.75, 3.05) is 19.6 Å². The van der Waals surface area contributed by atoms with Gasteiger partial charge in [-0.2, -0.15) is 0 Å². The molecule has 0 rings (SSSR count). The smallest absolute Gasteiger partial charge is 0.0991 e. The van der Waals surface area contributed by atoms with Gasteiger partial charge in [-0.1, -0.05) is 6.92 Å². The number of nitrogens with zero attached hydrogens (tertiary/aromatic N) is 1. The topological polar surface area (TPSA) is 49.5 Å². The van der Waals surface area contributed by atoms with Crippen molar-refractivity contribution in [3.63, 3.8) is 0 Å². The minimum absolute atomic E-state index is 0.272. The number of nitrogens with two attached hydrogens (primary N) is 1. The van der Waals surface area contributed by atoms with Gasteiger partial charge in [0.05, 0.1) is 14.1 Å². The zero-order valence-corrected chi connectivity index (χ0v) is 6.45. The quantitative estimate of drug-likeness (QED) is 0.389.